The zero-order valence-corrected chi connectivity index (χ0v) is 19.0. The maximum atomic E-state index is 13.6. The van der Waals surface area contributed by atoms with Crippen LogP contribution in [0.5, 0.6) is 0 Å². The SMILES string of the molecule is Cc1c(-c2cc(C(F)(F)F)nc3sc(C(N)=O)c(NC(=O)c4c([N+](=O)[O-])cnn4C)c23)cnn1C. The third kappa shape index (κ3) is 3.96. The molecule has 16 heteroatoms. The largest absolute Gasteiger partial charge is 0.433 e. The molecule has 0 saturated carbocycles. The highest BCUT2D eigenvalue weighted by molar-refractivity contribution is 7.21. The summed E-state index contributed by atoms with van der Waals surface area (Å²) >= 11 is 0.554. The number of nitrogens with one attached hydrogen (secondary N) is 1. The Kier molecular flexibility index (Phi) is 5.55. The quantitative estimate of drug-likeness (QED) is 0.309. The van der Waals surface area contributed by atoms with Gasteiger partial charge in [-0.1, -0.05) is 0 Å². The van der Waals surface area contributed by atoms with Crippen molar-refractivity contribution in [3.8, 4) is 11.1 Å². The summed E-state index contributed by atoms with van der Waals surface area (Å²) in [4.78, 5) is 38.9. The Balaban J connectivity index is 2.02. The summed E-state index contributed by atoms with van der Waals surface area (Å²) in [6, 6.07) is 0.784. The highest BCUT2D eigenvalue weighted by Gasteiger charge is 2.36. The standard InChI is InChI=1S/C19H15F3N8O4S/c1-7-9(5-24-28(7)2)8-4-11(19(20,21)22)26-18-12(8)13(15(35-18)16(23)31)27-17(32)14-10(30(33)34)6-25-29(14)3/h4-6H,1-3H3,(H2,23,31)(H,27,32). The molecule has 4 aromatic rings. The number of nitro groups is 1. The van der Waals surface area contributed by atoms with Crippen molar-refractivity contribution < 1.29 is 27.7 Å². The fourth-order valence-corrected chi connectivity index (χ4v) is 4.51. The topological polar surface area (TPSA) is 164 Å². The molecule has 12 nitrogen and oxygen atoms in total. The second kappa shape index (κ2) is 8.15. The fraction of sp³-hybridized carbons (Fsp3) is 0.211. The van der Waals surface area contributed by atoms with Crippen molar-refractivity contribution in [2.75, 3.05) is 5.32 Å². The number of hydrogen-bond donors (Lipinski definition) is 2. The van der Waals surface area contributed by atoms with E-state index in [0.29, 0.717) is 22.6 Å². The van der Waals surface area contributed by atoms with Gasteiger partial charge >= 0.3 is 11.9 Å². The van der Waals surface area contributed by atoms with E-state index in [0.717, 1.165) is 16.9 Å². The molecule has 0 aliphatic heterocycles. The van der Waals surface area contributed by atoms with Crippen LogP contribution in [0, 0.1) is 17.0 Å². The molecule has 0 atom stereocenters. The minimum Gasteiger partial charge on any atom is -0.365 e. The number of carbonyl (C=O) groups excluding carboxylic acids is 2. The lowest BCUT2D eigenvalue weighted by Crippen LogP contribution is -2.20. The molecule has 0 aliphatic carbocycles. The van der Waals surface area contributed by atoms with Crippen molar-refractivity contribution in [1.29, 1.82) is 0 Å². The van der Waals surface area contributed by atoms with Crippen molar-refractivity contribution in [3.63, 3.8) is 0 Å². The van der Waals surface area contributed by atoms with Gasteiger partial charge in [0.2, 0.25) is 5.69 Å². The van der Waals surface area contributed by atoms with Gasteiger partial charge in [0.15, 0.2) is 0 Å². The highest BCUT2D eigenvalue weighted by atomic mass is 32.1. The first-order valence-electron chi connectivity index (χ1n) is 9.62. The molecule has 35 heavy (non-hydrogen) atoms. The zero-order valence-electron chi connectivity index (χ0n) is 18.2. The van der Waals surface area contributed by atoms with Gasteiger partial charge in [0.25, 0.3) is 11.8 Å². The fourth-order valence-electron chi connectivity index (χ4n) is 3.51. The van der Waals surface area contributed by atoms with Gasteiger partial charge in [-0.05, 0) is 18.6 Å². The van der Waals surface area contributed by atoms with Crippen molar-refractivity contribution in [2.45, 2.75) is 13.1 Å². The number of nitrogens with zero attached hydrogens (tertiary/aromatic N) is 6. The first kappa shape index (κ1) is 23.8. The number of pyridine rings is 1. The second-order valence-corrected chi connectivity index (χ2v) is 8.38. The summed E-state index contributed by atoms with van der Waals surface area (Å²) in [6.07, 6.45) is -2.60. The van der Waals surface area contributed by atoms with Crippen molar-refractivity contribution in [1.82, 2.24) is 24.5 Å². The van der Waals surface area contributed by atoms with E-state index >= 15 is 0 Å². The smallest absolute Gasteiger partial charge is 0.365 e. The number of primary amides is 1. The van der Waals surface area contributed by atoms with Crippen LogP contribution in [0.4, 0.5) is 24.5 Å². The minimum atomic E-state index is -4.81. The molecule has 0 aromatic carbocycles. The molecule has 4 aromatic heterocycles. The average Bonchev–Trinajstić information content (AvgIpc) is 3.43. The Hall–Kier alpha value is -4.34. The van der Waals surface area contributed by atoms with E-state index in [-0.39, 0.29) is 26.3 Å². The number of hydrogen-bond acceptors (Lipinski definition) is 8. The third-order valence-corrected chi connectivity index (χ3v) is 6.37. The minimum absolute atomic E-state index is 0.00562. The predicted octanol–water partition coefficient (Wildman–Crippen LogP) is 3.02. The van der Waals surface area contributed by atoms with Crippen molar-refractivity contribution >= 4 is 44.7 Å². The van der Waals surface area contributed by atoms with Crippen LogP contribution in [0.2, 0.25) is 0 Å². The maximum absolute atomic E-state index is 13.6. The summed E-state index contributed by atoms with van der Waals surface area (Å²) in [5.74, 6) is -2.06. The van der Waals surface area contributed by atoms with Gasteiger partial charge < -0.3 is 11.1 Å². The number of amides is 2. The number of anilines is 1. The number of aryl methyl sites for hydroxylation is 2. The number of carbonyl (C=O) groups is 2. The number of halogens is 3. The van der Waals surface area contributed by atoms with Crippen LogP contribution >= 0.6 is 11.3 Å². The van der Waals surface area contributed by atoms with Gasteiger partial charge in [-0.15, -0.1) is 11.3 Å². The van der Waals surface area contributed by atoms with Crippen LogP contribution in [-0.2, 0) is 20.3 Å². The molecule has 0 bridgehead atoms. The number of thiophene rings is 1. The Bertz CT molecular complexity index is 1540. The van der Waals surface area contributed by atoms with Crippen molar-refractivity contribution in [2.24, 2.45) is 19.8 Å². The van der Waals surface area contributed by atoms with Gasteiger partial charge in [-0.2, -0.15) is 23.4 Å². The van der Waals surface area contributed by atoms with Crippen molar-refractivity contribution in [3.05, 3.63) is 50.5 Å². The normalized spacial score (nSPS) is 11.7. The average molecular weight is 508 g/mol. The molecule has 0 fully saturated rings. The van der Waals surface area contributed by atoms with Crippen LogP contribution in [0.3, 0.4) is 0 Å². The molecule has 3 N–H and O–H groups in total. The Morgan fingerprint density at radius 3 is 2.37 bits per heavy atom. The van der Waals surface area contributed by atoms with Crippen LogP contribution in [0.25, 0.3) is 21.3 Å². The predicted molar refractivity (Wildman–Crippen MR) is 118 cm³/mol. The summed E-state index contributed by atoms with van der Waals surface area (Å²) in [7, 11) is 2.89. The molecule has 2 amide bonds. The van der Waals surface area contributed by atoms with Gasteiger partial charge in [0, 0.05) is 30.7 Å². The monoisotopic (exact) mass is 508 g/mol. The number of alkyl halides is 3. The molecule has 0 spiro atoms. The van der Waals surface area contributed by atoms with Crippen LogP contribution in [0.1, 0.15) is 31.5 Å². The Labute approximate surface area is 197 Å². The molecule has 0 unspecified atom stereocenters. The van der Waals surface area contributed by atoms with E-state index in [1.807, 2.05) is 0 Å². The molecular formula is C19H15F3N8O4S. The molecule has 0 saturated heterocycles. The van der Waals surface area contributed by atoms with Gasteiger partial charge in [-0.3, -0.25) is 29.1 Å². The van der Waals surface area contributed by atoms with Gasteiger partial charge in [0.05, 0.1) is 16.8 Å². The lowest BCUT2D eigenvalue weighted by Gasteiger charge is -2.12. The number of aromatic nitrogens is 5. The number of rotatable bonds is 5. The van der Waals surface area contributed by atoms with Crippen LogP contribution < -0.4 is 11.1 Å². The zero-order chi connectivity index (χ0) is 25.8. The molecule has 182 valence electrons. The van der Waals surface area contributed by atoms with Crippen LogP contribution in [-0.4, -0.2) is 41.3 Å². The summed E-state index contributed by atoms with van der Waals surface area (Å²) < 4.78 is 43.3. The summed E-state index contributed by atoms with van der Waals surface area (Å²) in [6.45, 7) is 1.63. The van der Waals surface area contributed by atoms with E-state index in [4.69, 9.17) is 5.73 Å². The third-order valence-electron chi connectivity index (χ3n) is 5.27. The van der Waals surface area contributed by atoms with E-state index in [1.165, 1.54) is 17.9 Å². The van der Waals surface area contributed by atoms with E-state index in [2.05, 4.69) is 20.5 Å². The highest BCUT2D eigenvalue weighted by Crippen LogP contribution is 2.44. The lowest BCUT2D eigenvalue weighted by atomic mass is 10.0. The molecule has 0 aliphatic rings. The maximum Gasteiger partial charge on any atom is 0.433 e. The van der Waals surface area contributed by atoms with Gasteiger partial charge in [-0.25, -0.2) is 4.98 Å². The Morgan fingerprint density at radius 2 is 1.83 bits per heavy atom. The van der Waals surface area contributed by atoms with Gasteiger partial charge in [0.1, 0.15) is 21.6 Å². The molecule has 0 radical (unpaired) electrons. The summed E-state index contributed by atoms with van der Waals surface area (Å²) in [5, 5.41) is 21.5. The molecule has 4 rings (SSSR count). The van der Waals surface area contributed by atoms with E-state index < -0.39 is 40.0 Å². The number of fused-ring (bicyclic) bond motifs is 1. The van der Waals surface area contributed by atoms with E-state index in [9.17, 15) is 32.9 Å². The molecular weight excluding hydrogens is 493 g/mol. The first-order valence-corrected chi connectivity index (χ1v) is 10.4. The second-order valence-electron chi connectivity index (χ2n) is 7.38. The summed E-state index contributed by atoms with van der Waals surface area (Å²) in [5.41, 5.74) is 3.74. The lowest BCUT2D eigenvalue weighted by molar-refractivity contribution is -0.385. The molecule has 4 heterocycles. The number of nitrogens with two attached hydrogens (primary N) is 1. The van der Waals surface area contributed by atoms with E-state index in [1.54, 1.807) is 14.0 Å². The Morgan fingerprint density at radius 1 is 1.17 bits per heavy atom. The first-order chi connectivity index (χ1) is 16.3. The van der Waals surface area contributed by atoms with Crippen LogP contribution in [0.15, 0.2) is 18.5 Å².